The summed E-state index contributed by atoms with van der Waals surface area (Å²) >= 11 is 11.5. The lowest BCUT2D eigenvalue weighted by Gasteiger charge is -2.04. The zero-order valence-electron chi connectivity index (χ0n) is 8.60. The van der Waals surface area contributed by atoms with E-state index in [-0.39, 0.29) is 9.79 Å². The minimum atomic E-state index is -3.52. The third kappa shape index (κ3) is 2.63. The quantitative estimate of drug-likeness (QED) is 0.841. The third-order valence-corrected chi connectivity index (χ3v) is 4.48. The van der Waals surface area contributed by atoms with E-state index in [2.05, 4.69) is 0 Å². The van der Waals surface area contributed by atoms with Gasteiger partial charge in [0, 0.05) is 10.0 Å². The molecule has 0 N–H and O–H groups in total. The van der Waals surface area contributed by atoms with Gasteiger partial charge in [-0.1, -0.05) is 29.3 Å². The number of hydrogen-bond donors (Lipinski definition) is 0. The molecule has 88 valence electrons. The van der Waals surface area contributed by atoms with Crippen molar-refractivity contribution < 1.29 is 8.42 Å². The number of halogens is 2. The van der Waals surface area contributed by atoms with Crippen LogP contribution in [-0.4, -0.2) is 8.42 Å². The maximum atomic E-state index is 12.2. The highest BCUT2D eigenvalue weighted by atomic mass is 35.5. The average molecular weight is 287 g/mol. The van der Waals surface area contributed by atoms with Gasteiger partial charge in [0.05, 0.1) is 9.79 Å². The number of sulfone groups is 1. The van der Waals surface area contributed by atoms with E-state index in [1.165, 1.54) is 24.3 Å². The van der Waals surface area contributed by atoms with E-state index in [1.54, 1.807) is 24.3 Å². The Morgan fingerprint density at radius 2 is 1.41 bits per heavy atom. The van der Waals surface area contributed by atoms with Crippen LogP contribution in [0.3, 0.4) is 0 Å². The fourth-order valence-corrected chi connectivity index (χ4v) is 3.07. The molecule has 17 heavy (non-hydrogen) atoms. The molecule has 0 aliphatic carbocycles. The molecule has 0 saturated carbocycles. The van der Waals surface area contributed by atoms with Crippen molar-refractivity contribution in [2.24, 2.45) is 0 Å². The van der Waals surface area contributed by atoms with Crippen LogP contribution in [-0.2, 0) is 9.84 Å². The molecule has 0 aromatic heterocycles. The molecule has 2 nitrogen and oxygen atoms in total. The standard InChI is InChI=1S/C12H8Cl2O2S/c13-9-4-6-11(7-5-9)17(15,16)12-3-1-2-10(14)8-12/h1-8H. The predicted molar refractivity (Wildman–Crippen MR) is 68.4 cm³/mol. The summed E-state index contributed by atoms with van der Waals surface area (Å²) in [5.41, 5.74) is 0. The van der Waals surface area contributed by atoms with Crippen molar-refractivity contribution >= 4 is 33.0 Å². The van der Waals surface area contributed by atoms with Crippen LogP contribution in [0.2, 0.25) is 10.0 Å². The summed E-state index contributed by atoms with van der Waals surface area (Å²) in [6, 6.07) is 12.2. The molecule has 2 aromatic carbocycles. The van der Waals surface area contributed by atoms with Crippen molar-refractivity contribution in [2.75, 3.05) is 0 Å². The summed E-state index contributed by atoms with van der Waals surface area (Å²) in [4.78, 5) is 0.372. The summed E-state index contributed by atoms with van der Waals surface area (Å²) in [6.07, 6.45) is 0. The summed E-state index contributed by atoms with van der Waals surface area (Å²) in [6.45, 7) is 0. The van der Waals surface area contributed by atoms with E-state index < -0.39 is 9.84 Å². The molecule has 0 heterocycles. The van der Waals surface area contributed by atoms with E-state index in [0.29, 0.717) is 10.0 Å². The van der Waals surface area contributed by atoms with E-state index >= 15 is 0 Å². The van der Waals surface area contributed by atoms with Crippen LogP contribution in [0.1, 0.15) is 0 Å². The van der Waals surface area contributed by atoms with Gasteiger partial charge in [-0.15, -0.1) is 0 Å². The largest absolute Gasteiger partial charge is 0.219 e. The Balaban J connectivity index is 2.54. The molecule has 0 unspecified atom stereocenters. The maximum Gasteiger partial charge on any atom is 0.206 e. The highest BCUT2D eigenvalue weighted by molar-refractivity contribution is 7.91. The Morgan fingerprint density at radius 3 is 2.00 bits per heavy atom. The highest BCUT2D eigenvalue weighted by Crippen LogP contribution is 2.24. The SMILES string of the molecule is O=S(=O)(c1ccc(Cl)cc1)c1cccc(Cl)c1. The first-order valence-corrected chi connectivity index (χ1v) is 7.00. The Kier molecular flexibility index (Phi) is 3.43. The summed E-state index contributed by atoms with van der Waals surface area (Å²) in [5, 5.41) is 0.884. The Bertz CT molecular complexity index is 634. The molecular formula is C12H8Cl2O2S. The van der Waals surface area contributed by atoms with Gasteiger partial charge in [0.25, 0.3) is 0 Å². The predicted octanol–water partition coefficient (Wildman–Crippen LogP) is 3.83. The molecule has 5 heteroatoms. The molecule has 0 bridgehead atoms. The van der Waals surface area contributed by atoms with Gasteiger partial charge >= 0.3 is 0 Å². The van der Waals surface area contributed by atoms with Crippen LogP contribution in [0.15, 0.2) is 58.3 Å². The lowest BCUT2D eigenvalue weighted by molar-refractivity contribution is 0.596. The first-order valence-electron chi connectivity index (χ1n) is 4.76. The zero-order chi connectivity index (χ0) is 12.5. The Labute approximate surface area is 110 Å². The molecule has 0 saturated heterocycles. The van der Waals surface area contributed by atoms with Gasteiger partial charge in [-0.2, -0.15) is 0 Å². The topological polar surface area (TPSA) is 34.1 Å². The third-order valence-electron chi connectivity index (χ3n) is 2.23. The van der Waals surface area contributed by atoms with Crippen molar-refractivity contribution in [3.63, 3.8) is 0 Å². The number of hydrogen-bond acceptors (Lipinski definition) is 2. The van der Waals surface area contributed by atoms with Crippen molar-refractivity contribution in [1.82, 2.24) is 0 Å². The van der Waals surface area contributed by atoms with E-state index in [4.69, 9.17) is 23.2 Å². The molecule has 0 aliphatic rings. The zero-order valence-corrected chi connectivity index (χ0v) is 10.9. The second-order valence-corrected chi connectivity index (χ2v) is 6.24. The summed E-state index contributed by atoms with van der Waals surface area (Å²) in [7, 11) is -3.52. The normalized spacial score (nSPS) is 11.4. The Morgan fingerprint density at radius 1 is 0.765 bits per heavy atom. The van der Waals surface area contributed by atoms with Gasteiger partial charge in [-0.05, 0) is 42.5 Å². The molecule has 0 amide bonds. The second kappa shape index (κ2) is 4.69. The Hall–Kier alpha value is -1.03. The van der Waals surface area contributed by atoms with Crippen LogP contribution >= 0.6 is 23.2 Å². The molecule has 0 fully saturated rings. The summed E-state index contributed by atoms with van der Waals surface area (Å²) < 4.78 is 24.4. The molecule has 2 aromatic rings. The van der Waals surface area contributed by atoms with Crippen LogP contribution in [0.25, 0.3) is 0 Å². The summed E-state index contributed by atoms with van der Waals surface area (Å²) in [5.74, 6) is 0. The monoisotopic (exact) mass is 286 g/mol. The molecule has 0 radical (unpaired) electrons. The smallest absolute Gasteiger partial charge is 0.206 e. The molecule has 0 atom stereocenters. The van der Waals surface area contributed by atoms with Crippen molar-refractivity contribution in [3.8, 4) is 0 Å². The van der Waals surface area contributed by atoms with E-state index in [1.807, 2.05) is 0 Å². The minimum absolute atomic E-state index is 0.173. The van der Waals surface area contributed by atoms with Gasteiger partial charge < -0.3 is 0 Å². The fourth-order valence-electron chi connectivity index (χ4n) is 1.38. The first-order chi connectivity index (χ1) is 8.00. The molecule has 0 aliphatic heterocycles. The van der Waals surface area contributed by atoms with Gasteiger partial charge in [0.15, 0.2) is 0 Å². The van der Waals surface area contributed by atoms with Crippen molar-refractivity contribution in [1.29, 1.82) is 0 Å². The van der Waals surface area contributed by atoms with Gasteiger partial charge in [-0.3, -0.25) is 0 Å². The van der Waals surface area contributed by atoms with Gasteiger partial charge in [0.2, 0.25) is 9.84 Å². The maximum absolute atomic E-state index is 12.2. The first kappa shape index (κ1) is 12.4. The molecular weight excluding hydrogens is 279 g/mol. The van der Waals surface area contributed by atoms with Crippen LogP contribution in [0, 0.1) is 0 Å². The molecule has 0 spiro atoms. The average Bonchev–Trinajstić information content (AvgIpc) is 2.29. The van der Waals surface area contributed by atoms with Crippen molar-refractivity contribution in [3.05, 3.63) is 58.6 Å². The van der Waals surface area contributed by atoms with Gasteiger partial charge in [-0.25, -0.2) is 8.42 Å². The van der Waals surface area contributed by atoms with Crippen LogP contribution in [0.5, 0.6) is 0 Å². The van der Waals surface area contributed by atoms with Gasteiger partial charge in [0.1, 0.15) is 0 Å². The highest BCUT2D eigenvalue weighted by Gasteiger charge is 2.17. The second-order valence-electron chi connectivity index (χ2n) is 3.41. The lowest BCUT2D eigenvalue weighted by atomic mass is 10.4. The van der Waals surface area contributed by atoms with E-state index in [0.717, 1.165) is 0 Å². The minimum Gasteiger partial charge on any atom is -0.219 e. The van der Waals surface area contributed by atoms with Crippen LogP contribution < -0.4 is 0 Å². The number of rotatable bonds is 2. The molecule has 2 rings (SSSR count). The fraction of sp³-hybridized carbons (Fsp3) is 0. The number of benzene rings is 2. The van der Waals surface area contributed by atoms with Crippen molar-refractivity contribution in [2.45, 2.75) is 9.79 Å². The van der Waals surface area contributed by atoms with Crippen LogP contribution in [0.4, 0.5) is 0 Å². The van der Waals surface area contributed by atoms with E-state index in [9.17, 15) is 8.42 Å². The lowest BCUT2D eigenvalue weighted by Crippen LogP contribution is -2.01.